The molecule has 100 valence electrons. The molecule has 0 aliphatic rings. The van der Waals surface area contributed by atoms with Crippen molar-refractivity contribution in [3.8, 4) is 0 Å². The number of hydrogen-bond acceptors (Lipinski definition) is 3. The summed E-state index contributed by atoms with van der Waals surface area (Å²) >= 11 is 5.81. The van der Waals surface area contributed by atoms with Crippen LogP contribution in [-0.2, 0) is 0 Å². The summed E-state index contributed by atoms with van der Waals surface area (Å²) in [4.78, 5) is 13.7. The van der Waals surface area contributed by atoms with Gasteiger partial charge in [0.25, 0.3) is 5.91 Å². The predicted octanol–water partition coefficient (Wildman–Crippen LogP) is 1.38. The molecule has 2 N–H and O–H groups in total. The minimum atomic E-state index is -0.961. The van der Waals surface area contributed by atoms with Gasteiger partial charge >= 0.3 is 0 Å². The van der Waals surface area contributed by atoms with Gasteiger partial charge in [0.05, 0.1) is 5.60 Å². The zero-order valence-electron chi connectivity index (χ0n) is 10.9. The second-order valence-corrected chi connectivity index (χ2v) is 5.36. The van der Waals surface area contributed by atoms with Gasteiger partial charge in [-0.15, -0.1) is 0 Å². The standard InChI is InChI=1S/C13H19ClN2O2/c1-13(18,9-16(2)3)8-15-12(17)10-5-4-6-11(14)7-10/h4-7,18H,8-9H2,1-3H3,(H,15,17). The number of rotatable bonds is 5. The zero-order valence-corrected chi connectivity index (χ0v) is 11.7. The molecular weight excluding hydrogens is 252 g/mol. The van der Waals surface area contributed by atoms with Crippen LogP contribution < -0.4 is 5.32 Å². The predicted molar refractivity (Wildman–Crippen MR) is 73.0 cm³/mol. The molecule has 0 aromatic heterocycles. The fraction of sp³-hybridized carbons (Fsp3) is 0.462. The van der Waals surface area contributed by atoms with E-state index in [1.807, 2.05) is 19.0 Å². The summed E-state index contributed by atoms with van der Waals surface area (Å²) in [5.74, 6) is -0.239. The van der Waals surface area contributed by atoms with Gasteiger partial charge in [-0.2, -0.15) is 0 Å². The summed E-state index contributed by atoms with van der Waals surface area (Å²) in [7, 11) is 3.74. The monoisotopic (exact) mass is 270 g/mol. The quantitative estimate of drug-likeness (QED) is 0.850. The zero-order chi connectivity index (χ0) is 13.8. The third-order valence-corrected chi connectivity index (χ3v) is 2.61. The number of nitrogens with one attached hydrogen (secondary N) is 1. The largest absolute Gasteiger partial charge is 0.387 e. The maximum absolute atomic E-state index is 11.8. The molecule has 0 saturated heterocycles. The molecule has 5 heteroatoms. The van der Waals surface area contributed by atoms with Crippen LogP contribution in [0.1, 0.15) is 17.3 Å². The van der Waals surface area contributed by atoms with Crippen molar-refractivity contribution in [1.29, 1.82) is 0 Å². The van der Waals surface area contributed by atoms with Crippen molar-refractivity contribution in [2.45, 2.75) is 12.5 Å². The van der Waals surface area contributed by atoms with Crippen LogP contribution in [0.5, 0.6) is 0 Å². The number of benzene rings is 1. The maximum Gasteiger partial charge on any atom is 0.251 e. The molecule has 0 spiro atoms. The van der Waals surface area contributed by atoms with Gasteiger partial charge < -0.3 is 15.3 Å². The Bertz CT molecular complexity index is 419. The third kappa shape index (κ3) is 5.04. The first kappa shape index (κ1) is 15.0. The van der Waals surface area contributed by atoms with Crippen molar-refractivity contribution in [3.63, 3.8) is 0 Å². The molecule has 0 heterocycles. The fourth-order valence-corrected chi connectivity index (χ4v) is 1.93. The number of nitrogens with zero attached hydrogens (tertiary/aromatic N) is 1. The van der Waals surface area contributed by atoms with Crippen molar-refractivity contribution < 1.29 is 9.90 Å². The highest BCUT2D eigenvalue weighted by Gasteiger charge is 2.22. The summed E-state index contributed by atoms with van der Waals surface area (Å²) in [5, 5.41) is 13.3. The smallest absolute Gasteiger partial charge is 0.251 e. The van der Waals surface area contributed by atoms with Gasteiger partial charge in [-0.05, 0) is 39.2 Å². The molecule has 1 aromatic carbocycles. The number of amides is 1. The second-order valence-electron chi connectivity index (χ2n) is 4.93. The third-order valence-electron chi connectivity index (χ3n) is 2.37. The lowest BCUT2D eigenvalue weighted by molar-refractivity contribution is 0.0326. The topological polar surface area (TPSA) is 52.6 Å². The van der Waals surface area contributed by atoms with Gasteiger partial charge in [0.2, 0.25) is 0 Å². The number of likely N-dealkylation sites (N-methyl/N-ethyl adjacent to an activating group) is 1. The molecular formula is C13H19ClN2O2. The highest BCUT2D eigenvalue weighted by molar-refractivity contribution is 6.30. The van der Waals surface area contributed by atoms with Crippen molar-refractivity contribution in [3.05, 3.63) is 34.9 Å². The molecule has 1 rings (SSSR count). The van der Waals surface area contributed by atoms with Gasteiger partial charge in [-0.3, -0.25) is 4.79 Å². The molecule has 1 atom stereocenters. The van der Waals surface area contributed by atoms with Gasteiger partial charge in [0.1, 0.15) is 0 Å². The molecule has 1 aromatic rings. The second kappa shape index (κ2) is 6.18. The summed E-state index contributed by atoms with van der Waals surface area (Å²) < 4.78 is 0. The van der Waals surface area contributed by atoms with Crippen molar-refractivity contribution in [1.82, 2.24) is 10.2 Å². The summed E-state index contributed by atoms with van der Waals surface area (Å²) in [5.41, 5.74) is -0.472. The SMILES string of the molecule is CN(C)CC(C)(O)CNC(=O)c1cccc(Cl)c1. The summed E-state index contributed by atoms with van der Waals surface area (Å²) in [6.45, 7) is 2.35. The Kier molecular flexibility index (Phi) is 5.14. The van der Waals surface area contributed by atoms with Gasteiger partial charge in [0.15, 0.2) is 0 Å². The molecule has 0 bridgehead atoms. The van der Waals surface area contributed by atoms with E-state index in [2.05, 4.69) is 5.32 Å². The van der Waals surface area contributed by atoms with E-state index in [1.54, 1.807) is 31.2 Å². The van der Waals surface area contributed by atoms with Crippen molar-refractivity contribution in [2.24, 2.45) is 0 Å². The lowest BCUT2D eigenvalue weighted by Crippen LogP contribution is -2.47. The van der Waals surface area contributed by atoms with E-state index in [0.29, 0.717) is 17.1 Å². The average molecular weight is 271 g/mol. The molecule has 0 saturated carbocycles. The molecule has 18 heavy (non-hydrogen) atoms. The van der Waals surface area contributed by atoms with E-state index < -0.39 is 5.60 Å². The molecule has 0 aliphatic heterocycles. The van der Waals surface area contributed by atoms with Crippen LogP contribution in [0.4, 0.5) is 0 Å². The molecule has 0 aliphatic carbocycles. The molecule has 1 amide bonds. The lowest BCUT2D eigenvalue weighted by atomic mass is 10.1. The first-order valence-electron chi connectivity index (χ1n) is 5.71. The molecule has 0 radical (unpaired) electrons. The van der Waals surface area contributed by atoms with Crippen LogP contribution in [0.25, 0.3) is 0 Å². The highest BCUT2D eigenvalue weighted by atomic mass is 35.5. The highest BCUT2D eigenvalue weighted by Crippen LogP contribution is 2.11. The van der Waals surface area contributed by atoms with Crippen molar-refractivity contribution >= 4 is 17.5 Å². The summed E-state index contributed by atoms with van der Waals surface area (Å²) in [6, 6.07) is 6.70. The summed E-state index contributed by atoms with van der Waals surface area (Å²) in [6.07, 6.45) is 0. The van der Waals surface area contributed by atoms with Gasteiger partial charge in [-0.25, -0.2) is 0 Å². The Morgan fingerprint density at radius 2 is 2.17 bits per heavy atom. The molecule has 1 unspecified atom stereocenters. The normalized spacial score (nSPS) is 14.3. The maximum atomic E-state index is 11.8. The van der Waals surface area contributed by atoms with Crippen LogP contribution in [0, 0.1) is 0 Å². The molecule has 0 fully saturated rings. The van der Waals surface area contributed by atoms with E-state index >= 15 is 0 Å². The first-order chi connectivity index (χ1) is 8.30. The first-order valence-corrected chi connectivity index (χ1v) is 6.09. The van der Waals surface area contributed by atoms with Gasteiger partial charge in [0, 0.05) is 23.7 Å². The Balaban J connectivity index is 2.56. The Morgan fingerprint density at radius 1 is 1.50 bits per heavy atom. The Morgan fingerprint density at radius 3 is 2.72 bits per heavy atom. The Hall–Kier alpha value is -1.10. The van der Waals surface area contributed by atoms with Crippen LogP contribution in [0.2, 0.25) is 5.02 Å². The van der Waals surface area contributed by atoms with Crippen molar-refractivity contribution in [2.75, 3.05) is 27.2 Å². The van der Waals surface area contributed by atoms with Crippen LogP contribution in [0.3, 0.4) is 0 Å². The fourth-order valence-electron chi connectivity index (χ4n) is 1.74. The minimum absolute atomic E-state index is 0.191. The van der Waals surface area contributed by atoms with E-state index in [-0.39, 0.29) is 12.5 Å². The van der Waals surface area contributed by atoms with E-state index in [0.717, 1.165) is 0 Å². The lowest BCUT2D eigenvalue weighted by Gasteiger charge is -2.27. The number of halogens is 1. The number of carbonyl (C=O) groups excluding carboxylic acids is 1. The van der Waals surface area contributed by atoms with E-state index in [9.17, 15) is 9.90 Å². The van der Waals surface area contributed by atoms with Gasteiger partial charge in [-0.1, -0.05) is 17.7 Å². The average Bonchev–Trinajstić information content (AvgIpc) is 2.24. The van der Waals surface area contributed by atoms with Crippen LogP contribution in [-0.4, -0.2) is 48.7 Å². The Labute approximate surface area is 113 Å². The minimum Gasteiger partial charge on any atom is -0.387 e. The number of aliphatic hydroxyl groups is 1. The molecule has 4 nitrogen and oxygen atoms in total. The van der Waals surface area contributed by atoms with E-state index in [4.69, 9.17) is 11.6 Å². The van der Waals surface area contributed by atoms with E-state index in [1.165, 1.54) is 0 Å². The number of hydrogen-bond donors (Lipinski definition) is 2. The number of carbonyl (C=O) groups is 1. The van der Waals surface area contributed by atoms with Crippen LogP contribution >= 0.6 is 11.6 Å². The van der Waals surface area contributed by atoms with Crippen LogP contribution in [0.15, 0.2) is 24.3 Å².